The van der Waals surface area contributed by atoms with Gasteiger partial charge in [-0.25, -0.2) is 4.98 Å². The van der Waals surface area contributed by atoms with Gasteiger partial charge in [-0.3, -0.25) is 14.5 Å². The fraction of sp³-hybridized carbons (Fsp3) is 0.148. The Balaban J connectivity index is 1.71. The molecule has 2 heterocycles. The van der Waals surface area contributed by atoms with Crippen LogP contribution in [-0.4, -0.2) is 28.9 Å². The SMILES string of the molecule is CCc1ccc(C2/C(=C(\O)c3ccccc3)C(=O)C(=O)N2c2nc3ccc(OC)cc3s2)cc1. The summed E-state index contributed by atoms with van der Waals surface area (Å²) in [5.74, 6) is -0.967. The van der Waals surface area contributed by atoms with Gasteiger partial charge < -0.3 is 9.84 Å². The van der Waals surface area contributed by atoms with Gasteiger partial charge in [0, 0.05) is 5.56 Å². The monoisotopic (exact) mass is 470 g/mol. The Kier molecular flexibility index (Phi) is 5.63. The van der Waals surface area contributed by atoms with E-state index in [1.54, 1.807) is 37.4 Å². The van der Waals surface area contributed by atoms with E-state index < -0.39 is 17.7 Å². The predicted octanol–water partition coefficient (Wildman–Crippen LogP) is 5.49. The van der Waals surface area contributed by atoms with Crippen molar-refractivity contribution < 1.29 is 19.4 Å². The summed E-state index contributed by atoms with van der Waals surface area (Å²) in [5.41, 5.74) is 3.09. The van der Waals surface area contributed by atoms with E-state index in [4.69, 9.17) is 4.74 Å². The highest BCUT2D eigenvalue weighted by Crippen LogP contribution is 2.44. The van der Waals surface area contributed by atoms with E-state index >= 15 is 0 Å². The van der Waals surface area contributed by atoms with E-state index in [-0.39, 0.29) is 11.3 Å². The second-order valence-electron chi connectivity index (χ2n) is 7.96. The minimum atomic E-state index is -0.798. The molecule has 0 spiro atoms. The number of aryl methyl sites for hydroxylation is 1. The largest absolute Gasteiger partial charge is 0.507 e. The molecule has 1 aromatic heterocycles. The molecule has 34 heavy (non-hydrogen) atoms. The number of carbonyl (C=O) groups is 2. The average molecular weight is 471 g/mol. The molecule has 6 nitrogen and oxygen atoms in total. The van der Waals surface area contributed by atoms with Crippen molar-refractivity contribution in [2.45, 2.75) is 19.4 Å². The molecule has 1 aliphatic heterocycles. The number of aliphatic hydroxyl groups excluding tert-OH is 1. The van der Waals surface area contributed by atoms with Crippen LogP contribution in [0.15, 0.2) is 78.4 Å². The number of methoxy groups -OCH3 is 1. The van der Waals surface area contributed by atoms with Gasteiger partial charge in [-0.15, -0.1) is 0 Å². The summed E-state index contributed by atoms with van der Waals surface area (Å²) in [6.45, 7) is 2.06. The molecule has 4 aromatic rings. The number of hydrogen-bond acceptors (Lipinski definition) is 6. The molecule has 1 N–H and O–H groups in total. The highest BCUT2D eigenvalue weighted by molar-refractivity contribution is 7.22. The summed E-state index contributed by atoms with van der Waals surface area (Å²) in [6.07, 6.45) is 0.865. The Hall–Kier alpha value is -3.97. The van der Waals surface area contributed by atoms with Crippen LogP contribution in [-0.2, 0) is 16.0 Å². The molecule has 7 heteroatoms. The molecule has 170 valence electrons. The van der Waals surface area contributed by atoms with Crippen LogP contribution in [0.4, 0.5) is 5.13 Å². The zero-order chi connectivity index (χ0) is 23.8. The number of carbonyl (C=O) groups excluding carboxylic acids is 2. The van der Waals surface area contributed by atoms with Crippen LogP contribution in [0.1, 0.15) is 29.7 Å². The van der Waals surface area contributed by atoms with Crippen molar-refractivity contribution in [2.24, 2.45) is 0 Å². The van der Waals surface area contributed by atoms with Crippen LogP contribution in [0.2, 0.25) is 0 Å². The van der Waals surface area contributed by atoms with Gasteiger partial charge in [0.05, 0.1) is 28.9 Å². The number of rotatable bonds is 5. The standard InChI is InChI=1S/C27H22N2O4S/c1-3-16-9-11-17(12-10-16)23-22(24(30)18-7-5-4-6-8-18)25(31)26(32)29(23)27-28-20-14-13-19(33-2)15-21(20)34-27/h4-15,23,30H,3H2,1-2H3/b24-22+. The normalized spacial score (nSPS) is 17.5. The van der Waals surface area contributed by atoms with Gasteiger partial charge in [-0.1, -0.05) is 72.9 Å². The number of fused-ring (bicyclic) bond motifs is 1. The number of anilines is 1. The number of hydrogen-bond donors (Lipinski definition) is 1. The fourth-order valence-corrected chi connectivity index (χ4v) is 5.18. The van der Waals surface area contributed by atoms with E-state index in [0.29, 0.717) is 22.0 Å². The second kappa shape index (κ2) is 8.76. The van der Waals surface area contributed by atoms with Crippen LogP contribution < -0.4 is 9.64 Å². The molecule has 1 unspecified atom stereocenters. The van der Waals surface area contributed by atoms with E-state index in [2.05, 4.69) is 11.9 Å². The highest BCUT2D eigenvalue weighted by Gasteiger charge is 2.48. The van der Waals surface area contributed by atoms with Crippen LogP contribution in [0.25, 0.3) is 16.0 Å². The van der Waals surface area contributed by atoms with Crippen LogP contribution >= 0.6 is 11.3 Å². The van der Waals surface area contributed by atoms with Crippen molar-refractivity contribution >= 4 is 44.1 Å². The average Bonchev–Trinajstić information content (AvgIpc) is 3.41. The number of nitrogens with zero attached hydrogens (tertiary/aromatic N) is 2. The first kappa shape index (κ1) is 21.9. The molecular weight excluding hydrogens is 448 g/mol. The first-order chi connectivity index (χ1) is 16.5. The molecule has 5 rings (SSSR count). The van der Waals surface area contributed by atoms with E-state index in [9.17, 15) is 14.7 Å². The van der Waals surface area contributed by atoms with Crippen LogP contribution in [0, 0.1) is 0 Å². The van der Waals surface area contributed by atoms with Crippen molar-refractivity contribution in [1.82, 2.24) is 4.98 Å². The maximum atomic E-state index is 13.3. The van der Waals surface area contributed by atoms with Crippen molar-refractivity contribution in [3.63, 3.8) is 0 Å². The molecule has 0 aliphatic carbocycles. The quantitative estimate of drug-likeness (QED) is 0.237. The minimum Gasteiger partial charge on any atom is -0.507 e. The van der Waals surface area contributed by atoms with E-state index in [0.717, 1.165) is 22.2 Å². The number of benzene rings is 3. The van der Waals surface area contributed by atoms with Crippen molar-refractivity contribution in [2.75, 3.05) is 12.0 Å². The number of aromatic nitrogens is 1. The third-order valence-corrected chi connectivity index (χ3v) is 7.00. The van der Waals surface area contributed by atoms with E-state index in [1.807, 2.05) is 42.5 Å². The summed E-state index contributed by atoms with van der Waals surface area (Å²) in [6, 6.07) is 21.2. The lowest BCUT2D eigenvalue weighted by Crippen LogP contribution is -2.29. The Bertz CT molecular complexity index is 1420. The number of thiazole rings is 1. The first-order valence-corrected chi connectivity index (χ1v) is 11.7. The van der Waals surface area contributed by atoms with Crippen molar-refractivity contribution in [3.8, 4) is 5.75 Å². The number of aliphatic hydroxyl groups is 1. The maximum Gasteiger partial charge on any atom is 0.301 e. The summed E-state index contributed by atoms with van der Waals surface area (Å²) in [7, 11) is 1.59. The lowest BCUT2D eigenvalue weighted by Gasteiger charge is -2.23. The molecule has 0 bridgehead atoms. The van der Waals surface area contributed by atoms with Crippen LogP contribution in [0.5, 0.6) is 5.75 Å². The van der Waals surface area contributed by atoms with Gasteiger partial charge in [0.1, 0.15) is 11.5 Å². The van der Waals surface area contributed by atoms with Crippen molar-refractivity contribution in [3.05, 3.63) is 95.1 Å². The third kappa shape index (κ3) is 3.64. The Morgan fingerprint density at radius 3 is 2.47 bits per heavy atom. The topological polar surface area (TPSA) is 79.7 Å². The Labute approximate surface area is 200 Å². The molecule has 0 saturated carbocycles. The summed E-state index contributed by atoms with van der Waals surface area (Å²) in [4.78, 5) is 32.6. The number of ketones is 1. The molecule has 1 saturated heterocycles. The zero-order valence-corrected chi connectivity index (χ0v) is 19.5. The van der Waals surface area contributed by atoms with Gasteiger partial charge in [-0.2, -0.15) is 0 Å². The second-order valence-corrected chi connectivity index (χ2v) is 8.97. The molecule has 3 aromatic carbocycles. The molecule has 1 aliphatic rings. The van der Waals surface area contributed by atoms with E-state index in [1.165, 1.54) is 16.2 Å². The van der Waals surface area contributed by atoms with Gasteiger partial charge in [0.15, 0.2) is 5.13 Å². The Morgan fingerprint density at radius 2 is 1.79 bits per heavy atom. The maximum absolute atomic E-state index is 13.3. The number of Topliss-reactive ketones (excluding diaryl/α,β-unsaturated/α-hetero) is 1. The summed E-state index contributed by atoms with van der Waals surface area (Å²) < 4.78 is 6.14. The van der Waals surface area contributed by atoms with Crippen LogP contribution in [0.3, 0.4) is 0 Å². The molecule has 1 atom stereocenters. The third-order valence-electron chi connectivity index (χ3n) is 5.99. The van der Waals surface area contributed by atoms with Gasteiger partial charge in [0.25, 0.3) is 5.78 Å². The summed E-state index contributed by atoms with van der Waals surface area (Å²) >= 11 is 1.30. The highest BCUT2D eigenvalue weighted by atomic mass is 32.1. The van der Waals surface area contributed by atoms with Gasteiger partial charge in [0.2, 0.25) is 0 Å². The predicted molar refractivity (Wildman–Crippen MR) is 133 cm³/mol. The smallest absolute Gasteiger partial charge is 0.301 e. The molecule has 1 amide bonds. The minimum absolute atomic E-state index is 0.0530. The van der Waals surface area contributed by atoms with Crippen molar-refractivity contribution in [1.29, 1.82) is 0 Å². The Morgan fingerprint density at radius 1 is 1.06 bits per heavy atom. The number of ether oxygens (including phenoxy) is 1. The lowest BCUT2D eigenvalue weighted by atomic mass is 9.94. The zero-order valence-electron chi connectivity index (χ0n) is 18.7. The fourth-order valence-electron chi connectivity index (χ4n) is 4.16. The molecular formula is C27H22N2O4S. The molecule has 0 radical (unpaired) electrons. The first-order valence-electron chi connectivity index (χ1n) is 10.9. The molecule has 1 fully saturated rings. The summed E-state index contributed by atoms with van der Waals surface area (Å²) in [5, 5.41) is 11.6. The van der Waals surface area contributed by atoms with Gasteiger partial charge in [-0.05, 0) is 35.7 Å². The number of amides is 1. The lowest BCUT2D eigenvalue weighted by molar-refractivity contribution is -0.132. The van der Waals surface area contributed by atoms with Gasteiger partial charge >= 0.3 is 5.91 Å².